The smallest absolute Gasteiger partial charge is 0.308 e. The third-order valence-electron chi connectivity index (χ3n) is 2.89. The molecule has 0 spiro atoms. The van der Waals surface area contributed by atoms with Gasteiger partial charge < -0.3 is 14.7 Å². The highest BCUT2D eigenvalue weighted by Gasteiger charge is 2.21. The van der Waals surface area contributed by atoms with E-state index in [1.54, 1.807) is 32.4 Å². The van der Waals surface area contributed by atoms with Crippen molar-refractivity contribution in [2.24, 2.45) is 5.92 Å². The number of aromatic nitrogens is 1. The molecule has 1 N–H and O–H groups in total. The molecule has 0 aliphatic rings. The summed E-state index contributed by atoms with van der Waals surface area (Å²) < 4.78 is 4.96. The number of carbonyl (C=O) groups is 2. The van der Waals surface area contributed by atoms with Crippen molar-refractivity contribution >= 4 is 11.9 Å². The fourth-order valence-electron chi connectivity index (χ4n) is 1.76. The third kappa shape index (κ3) is 4.97. The summed E-state index contributed by atoms with van der Waals surface area (Å²) in [6, 6.07) is 3.35. The molecule has 0 fully saturated rings. The van der Waals surface area contributed by atoms with Crippen LogP contribution in [0.1, 0.15) is 23.7 Å². The maximum absolute atomic E-state index is 12.3. The number of nitrogens with zero attached hydrogens (tertiary/aromatic N) is 2. The minimum Gasteiger partial charge on any atom is -0.481 e. The Morgan fingerprint density at radius 2 is 2.25 bits per heavy atom. The Labute approximate surface area is 118 Å². The van der Waals surface area contributed by atoms with Crippen LogP contribution in [0.2, 0.25) is 0 Å². The molecule has 1 atom stereocenters. The van der Waals surface area contributed by atoms with Gasteiger partial charge in [-0.3, -0.25) is 14.6 Å². The van der Waals surface area contributed by atoms with Crippen LogP contribution in [-0.4, -0.2) is 53.7 Å². The second-order valence-corrected chi connectivity index (χ2v) is 4.58. The van der Waals surface area contributed by atoms with Gasteiger partial charge in [0.25, 0.3) is 5.91 Å². The maximum Gasteiger partial charge on any atom is 0.308 e. The van der Waals surface area contributed by atoms with E-state index in [1.165, 1.54) is 11.1 Å². The van der Waals surface area contributed by atoms with Crippen LogP contribution in [0.25, 0.3) is 0 Å². The number of hydrogen-bond acceptors (Lipinski definition) is 4. The van der Waals surface area contributed by atoms with Crippen LogP contribution >= 0.6 is 0 Å². The third-order valence-corrected chi connectivity index (χ3v) is 2.89. The van der Waals surface area contributed by atoms with Crippen molar-refractivity contribution in [3.05, 3.63) is 30.1 Å². The summed E-state index contributed by atoms with van der Waals surface area (Å²) in [6.45, 7) is 2.74. The van der Waals surface area contributed by atoms with Gasteiger partial charge in [0.1, 0.15) is 0 Å². The Hall–Kier alpha value is -1.95. The van der Waals surface area contributed by atoms with E-state index in [1.807, 2.05) is 0 Å². The number of methoxy groups -OCH3 is 1. The van der Waals surface area contributed by atoms with E-state index < -0.39 is 11.9 Å². The van der Waals surface area contributed by atoms with Gasteiger partial charge in [-0.1, -0.05) is 6.92 Å². The highest BCUT2D eigenvalue weighted by Crippen LogP contribution is 2.08. The zero-order chi connectivity index (χ0) is 15.0. The molecule has 1 rings (SSSR count). The van der Waals surface area contributed by atoms with E-state index in [2.05, 4.69) is 4.98 Å². The quantitative estimate of drug-likeness (QED) is 0.726. The molecule has 20 heavy (non-hydrogen) atoms. The fourth-order valence-corrected chi connectivity index (χ4v) is 1.76. The fraction of sp³-hybridized carbons (Fsp3) is 0.500. The van der Waals surface area contributed by atoms with Crippen molar-refractivity contribution < 1.29 is 19.4 Å². The lowest BCUT2D eigenvalue weighted by molar-refractivity contribution is -0.141. The second-order valence-electron chi connectivity index (χ2n) is 4.58. The van der Waals surface area contributed by atoms with Gasteiger partial charge in [0.2, 0.25) is 0 Å². The van der Waals surface area contributed by atoms with Gasteiger partial charge in [0.05, 0.1) is 11.5 Å². The van der Waals surface area contributed by atoms with Crippen LogP contribution in [0.5, 0.6) is 0 Å². The lowest BCUT2D eigenvalue weighted by Crippen LogP contribution is -2.38. The Morgan fingerprint density at radius 3 is 2.80 bits per heavy atom. The number of rotatable bonds is 8. The minimum absolute atomic E-state index is 0.173. The van der Waals surface area contributed by atoms with Gasteiger partial charge in [-0.15, -0.1) is 0 Å². The molecule has 1 aromatic heterocycles. The number of aliphatic carboxylic acids is 1. The van der Waals surface area contributed by atoms with Crippen LogP contribution in [0.15, 0.2) is 24.5 Å². The SMILES string of the molecule is COCCCN(CC(C)C(=O)O)C(=O)c1cccnc1. The standard InChI is InChI=1S/C14H20N2O4/c1-11(14(18)19)10-16(7-4-8-20-2)13(17)12-5-3-6-15-9-12/h3,5-6,9,11H,4,7-8,10H2,1-2H3,(H,18,19). The second kappa shape index (κ2) is 8.27. The zero-order valence-corrected chi connectivity index (χ0v) is 11.8. The molecule has 1 unspecified atom stereocenters. The summed E-state index contributed by atoms with van der Waals surface area (Å²) in [5, 5.41) is 8.98. The average molecular weight is 280 g/mol. The minimum atomic E-state index is -0.916. The molecule has 0 aliphatic heterocycles. The van der Waals surface area contributed by atoms with Gasteiger partial charge in [-0.05, 0) is 18.6 Å². The van der Waals surface area contributed by atoms with E-state index in [-0.39, 0.29) is 12.5 Å². The van der Waals surface area contributed by atoms with Gasteiger partial charge in [-0.2, -0.15) is 0 Å². The predicted molar refractivity (Wildman–Crippen MR) is 73.4 cm³/mol. The van der Waals surface area contributed by atoms with Crippen LogP contribution < -0.4 is 0 Å². The molecule has 1 aromatic rings. The van der Waals surface area contributed by atoms with Gasteiger partial charge in [0, 0.05) is 39.2 Å². The lowest BCUT2D eigenvalue weighted by atomic mass is 10.1. The first kappa shape index (κ1) is 16.1. The molecular weight excluding hydrogens is 260 g/mol. The summed E-state index contributed by atoms with van der Waals surface area (Å²) in [6.07, 6.45) is 3.73. The van der Waals surface area contributed by atoms with E-state index in [0.717, 1.165) is 0 Å². The molecule has 110 valence electrons. The number of carboxylic acids is 1. The van der Waals surface area contributed by atoms with E-state index in [9.17, 15) is 9.59 Å². The highest BCUT2D eigenvalue weighted by molar-refractivity contribution is 5.94. The Morgan fingerprint density at radius 1 is 1.50 bits per heavy atom. The summed E-state index contributed by atoms with van der Waals surface area (Å²) in [7, 11) is 1.59. The van der Waals surface area contributed by atoms with Crippen LogP contribution in [-0.2, 0) is 9.53 Å². The first-order valence-electron chi connectivity index (χ1n) is 6.47. The molecule has 0 bridgehead atoms. The topological polar surface area (TPSA) is 79.7 Å². The maximum atomic E-state index is 12.3. The first-order chi connectivity index (χ1) is 9.56. The van der Waals surface area contributed by atoms with Gasteiger partial charge >= 0.3 is 5.97 Å². The molecule has 0 saturated carbocycles. The number of amides is 1. The van der Waals surface area contributed by atoms with Crippen LogP contribution in [0, 0.1) is 5.92 Å². The highest BCUT2D eigenvalue weighted by atomic mass is 16.5. The Balaban J connectivity index is 2.75. The molecule has 1 heterocycles. The van der Waals surface area contributed by atoms with Crippen molar-refractivity contribution in [1.29, 1.82) is 0 Å². The van der Waals surface area contributed by atoms with Crippen molar-refractivity contribution in [1.82, 2.24) is 9.88 Å². The van der Waals surface area contributed by atoms with Crippen molar-refractivity contribution in [2.75, 3.05) is 26.8 Å². The first-order valence-corrected chi connectivity index (χ1v) is 6.47. The van der Waals surface area contributed by atoms with Crippen LogP contribution in [0.4, 0.5) is 0 Å². The molecule has 0 aromatic carbocycles. The summed E-state index contributed by atoms with van der Waals surface area (Å²) in [4.78, 5) is 28.7. The molecule has 6 nitrogen and oxygen atoms in total. The van der Waals surface area contributed by atoms with Crippen LogP contribution in [0.3, 0.4) is 0 Å². The number of carboxylic acid groups (broad SMARTS) is 1. The van der Waals surface area contributed by atoms with E-state index in [0.29, 0.717) is 25.1 Å². The molecule has 0 radical (unpaired) electrons. The van der Waals surface area contributed by atoms with E-state index in [4.69, 9.17) is 9.84 Å². The van der Waals surface area contributed by atoms with Crippen molar-refractivity contribution in [3.8, 4) is 0 Å². The lowest BCUT2D eigenvalue weighted by Gasteiger charge is -2.24. The normalized spacial score (nSPS) is 11.9. The molecule has 1 amide bonds. The zero-order valence-electron chi connectivity index (χ0n) is 11.8. The van der Waals surface area contributed by atoms with Crippen molar-refractivity contribution in [3.63, 3.8) is 0 Å². The summed E-state index contributed by atoms with van der Waals surface area (Å²) in [5.41, 5.74) is 0.461. The average Bonchev–Trinajstić information content (AvgIpc) is 2.46. The number of pyridine rings is 1. The number of ether oxygens (including phenoxy) is 1. The molecule has 0 aliphatic carbocycles. The molecule has 0 saturated heterocycles. The molecular formula is C14H20N2O4. The largest absolute Gasteiger partial charge is 0.481 e. The Kier molecular flexibility index (Phi) is 6.66. The van der Waals surface area contributed by atoms with Crippen molar-refractivity contribution in [2.45, 2.75) is 13.3 Å². The summed E-state index contributed by atoms with van der Waals surface area (Å²) in [5.74, 6) is -1.74. The van der Waals surface area contributed by atoms with Gasteiger partial charge in [0.15, 0.2) is 0 Å². The number of hydrogen-bond donors (Lipinski definition) is 1. The predicted octanol–water partition coefficient (Wildman–Crippen LogP) is 1.28. The Bertz CT molecular complexity index is 436. The van der Waals surface area contributed by atoms with Gasteiger partial charge in [-0.25, -0.2) is 0 Å². The molecule has 6 heteroatoms. The van der Waals surface area contributed by atoms with E-state index >= 15 is 0 Å². The summed E-state index contributed by atoms with van der Waals surface area (Å²) >= 11 is 0. The monoisotopic (exact) mass is 280 g/mol. The number of carbonyl (C=O) groups excluding carboxylic acids is 1.